The first-order valence-corrected chi connectivity index (χ1v) is 1.67. The fourth-order valence-corrected chi connectivity index (χ4v) is 0. The van der Waals surface area contributed by atoms with E-state index in [1.54, 1.807) is 0 Å². The minimum Gasteiger partial charge on any atom is -0.198 e. The zero-order valence-electron chi connectivity index (χ0n) is 3.52. The molecule has 0 saturated heterocycles. The molecule has 0 unspecified atom stereocenters. The lowest BCUT2D eigenvalue weighted by Crippen LogP contribution is -1.72. The van der Waals surface area contributed by atoms with E-state index in [0.29, 0.717) is 0 Å². The van der Waals surface area contributed by atoms with Gasteiger partial charge in [-0.2, -0.15) is 5.26 Å². The highest BCUT2D eigenvalue weighted by Gasteiger charge is 1.78. The Labute approximate surface area is 39.6 Å². The van der Waals surface area contributed by atoms with Crippen molar-refractivity contribution < 1.29 is 0 Å². The van der Waals surface area contributed by atoms with E-state index in [1.165, 1.54) is 0 Å². The Kier molecular flexibility index (Phi) is 6.80. The Hall–Kier alpha value is -0.510. The van der Waals surface area contributed by atoms with Gasteiger partial charge in [-0.3, -0.25) is 0 Å². The van der Waals surface area contributed by atoms with E-state index >= 15 is 0 Å². The largest absolute Gasteiger partial charge is 0.198 e. The van der Waals surface area contributed by atoms with Gasteiger partial charge in [-0.15, -0.1) is 0 Å². The molecule has 0 rings (SSSR count). The number of nitriles is 1. The van der Waals surface area contributed by atoms with Crippen molar-refractivity contribution in [2.45, 2.75) is 21.3 Å². The summed E-state index contributed by atoms with van der Waals surface area (Å²) in [5.74, 6) is 0.190. The summed E-state index contributed by atoms with van der Waals surface area (Å²) in [6, 6.07) is 2.03. The summed E-state index contributed by atoms with van der Waals surface area (Å²) < 4.78 is 0. The van der Waals surface area contributed by atoms with Gasteiger partial charge in [0.25, 0.3) is 0 Å². The highest BCUT2D eigenvalue weighted by molar-refractivity contribution is 4.72. The summed E-state index contributed by atoms with van der Waals surface area (Å²) in [6.07, 6.45) is 0. The number of hydrogen-bond donors (Lipinski definition) is 0. The number of rotatable bonds is 0. The van der Waals surface area contributed by atoms with Gasteiger partial charge in [0, 0.05) is 5.92 Å². The van der Waals surface area contributed by atoms with E-state index < -0.39 is 0 Å². The Morgan fingerprint density at radius 3 is 1.67 bits per heavy atom. The Bertz CT molecular complexity index is 49.4. The topological polar surface area (TPSA) is 23.8 Å². The lowest BCUT2D eigenvalue weighted by molar-refractivity contribution is 0.849. The van der Waals surface area contributed by atoms with E-state index in [-0.39, 0.29) is 13.3 Å². The molecular weight excluding hydrogens is 74.1 g/mol. The first kappa shape index (κ1) is 9.09. The zero-order valence-corrected chi connectivity index (χ0v) is 3.52. The van der Waals surface area contributed by atoms with Gasteiger partial charge in [0.05, 0.1) is 6.07 Å². The van der Waals surface area contributed by atoms with Gasteiger partial charge in [0.1, 0.15) is 0 Å². The summed E-state index contributed by atoms with van der Waals surface area (Å²) in [4.78, 5) is 0. The highest BCUT2D eigenvalue weighted by Crippen LogP contribution is 1.81. The van der Waals surface area contributed by atoms with Gasteiger partial charge in [-0.05, 0) is 13.8 Å². The third-order valence-electron chi connectivity index (χ3n) is 0.258. The van der Waals surface area contributed by atoms with Crippen molar-refractivity contribution in [2.75, 3.05) is 0 Å². The minimum absolute atomic E-state index is 0. The molecule has 0 heterocycles. The maximum atomic E-state index is 7.89. The fourth-order valence-electron chi connectivity index (χ4n) is 0. The molecule has 0 saturated carbocycles. The van der Waals surface area contributed by atoms with Crippen LogP contribution in [0.15, 0.2) is 0 Å². The van der Waals surface area contributed by atoms with Gasteiger partial charge in [-0.25, -0.2) is 0 Å². The highest BCUT2D eigenvalue weighted by atomic mass is 14.2. The summed E-state index contributed by atoms with van der Waals surface area (Å²) in [5, 5.41) is 7.89. The van der Waals surface area contributed by atoms with Crippen LogP contribution in [0.3, 0.4) is 0 Å². The standard InChI is InChI=1S/C4H7N.CH4/c1-4(2)3-5;/h4H,1-2H3;1H4. The van der Waals surface area contributed by atoms with Crippen LogP contribution in [-0.4, -0.2) is 0 Å². The number of hydrogen-bond acceptors (Lipinski definition) is 1. The number of nitrogens with zero attached hydrogens (tertiary/aromatic N) is 1. The van der Waals surface area contributed by atoms with Gasteiger partial charge in [0.2, 0.25) is 0 Å². The molecule has 0 aromatic heterocycles. The van der Waals surface area contributed by atoms with Crippen molar-refractivity contribution >= 4 is 0 Å². The van der Waals surface area contributed by atoms with Crippen LogP contribution >= 0.6 is 0 Å². The third kappa shape index (κ3) is 9.75. The van der Waals surface area contributed by atoms with Crippen LogP contribution in [0.2, 0.25) is 0 Å². The summed E-state index contributed by atoms with van der Waals surface area (Å²) in [5.41, 5.74) is 0. The Morgan fingerprint density at radius 2 is 1.67 bits per heavy atom. The average Bonchev–Trinajstić information content (AvgIpc) is 1.38. The van der Waals surface area contributed by atoms with Crippen LogP contribution in [0.5, 0.6) is 0 Å². The van der Waals surface area contributed by atoms with Crippen LogP contribution in [-0.2, 0) is 0 Å². The fraction of sp³-hybridized carbons (Fsp3) is 0.800. The molecule has 0 aromatic rings. The molecule has 0 spiro atoms. The van der Waals surface area contributed by atoms with E-state index in [1.807, 2.05) is 19.9 Å². The molecule has 0 aliphatic carbocycles. The Morgan fingerprint density at radius 1 is 1.50 bits per heavy atom. The van der Waals surface area contributed by atoms with Crippen molar-refractivity contribution in [3.8, 4) is 6.07 Å². The molecule has 0 aliphatic heterocycles. The molecule has 0 amide bonds. The molecule has 1 heteroatoms. The van der Waals surface area contributed by atoms with Crippen LogP contribution in [0, 0.1) is 17.2 Å². The van der Waals surface area contributed by atoms with Gasteiger partial charge in [-0.1, -0.05) is 7.43 Å². The monoisotopic (exact) mass is 85.1 g/mol. The third-order valence-corrected chi connectivity index (χ3v) is 0.258. The smallest absolute Gasteiger partial charge is 0.0649 e. The molecule has 0 fully saturated rings. The van der Waals surface area contributed by atoms with E-state index in [4.69, 9.17) is 5.26 Å². The second kappa shape index (κ2) is 4.49. The zero-order chi connectivity index (χ0) is 4.28. The lowest BCUT2D eigenvalue weighted by Gasteiger charge is -1.75. The molecule has 0 atom stereocenters. The van der Waals surface area contributed by atoms with Crippen molar-refractivity contribution in [2.24, 2.45) is 5.92 Å². The molecule has 6 heavy (non-hydrogen) atoms. The van der Waals surface area contributed by atoms with E-state index in [2.05, 4.69) is 0 Å². The molecule has 0 radical (unpaired) electrons. The molecular formula is C5H11N. The van der Waals surface area contributed by atoms with Crippen molar-refractivity contribution in [1.29, 1.82) is 5.26 Å². The van der Waals surface area contributed by atoms with Crippen molar-refractivity contribution in [3.05, 3.63) is 0 Å². The molecule has 0 bridgehead atoms. The first-order valence-electron chi connectivity index (χ1n) is 1.67. The van der Waals surface area contributed by atoms with Crippen molar-refractivity contribution in [1.82, 2.24) is 0 Å². The maximum Gasteiger partial charge on any atom is 0.0649 e. The average molecular weight is 85.2 g/mol. The van der Waals surface area contributed by atoms with Crippen LogP contribution in [0.4, 0.5) is 0 Å². The first-order chi connectivity index (χ1) is 2.27. The van der Waals surface area contributed by atoms with E-state index in [9.17, 15) is 0 Å². The van der Waals surface area contributed by atoms with Crippen LogP contribution < -0.4 is 0 Å². The second-order valence-corrected chi connectivity index (χ2v) is 1.28. The predicted molar refractivity (Wildman–Crippen MR) is 27.2 cm³/mol. The predicted octanol–water partition coefficient (Wildman–Crippen LogP) is 1.80. The molecule has 36 valence electrons. The summed E-state index contributed by atoms with van der Waals surface area (Å²) in [6.45, 7) is 3.72. The minimum atomic E-state index is 0. The van der Waals surface area contributed by atoms with Gasteiger partial charge < -0.3 is 0 Å². The van der Waals surface area contributed by atoms with E-state index in [0.717, 1.165) is 0 Å². The van der Waals surface area contributed by atoms with Gasteiger partial charge >= 0.3 is 0 Å². The quantitative estimate of drug-likeness (QED) is 0.440. The molecule has 1 nitrogen and oxygen atoms in total. The van der Waals surface area contributed by atoms with Crippen LogP contribution in [0.25, 0.3) is 0 Å². The maximum absolute atomic E-state index is 7.89. The second-order valence-electron chi connectivity index (χ2n) is 1.28. The SMILES string of the molecule is C.CC(C)C#N. The lowest BCUT2D eigenvalue weighted by atomic mass is 10.3. The summed E-state index contributed by atoms with van der Waals surface area (Å²) >= 11 is 0. The normalized spacial score (nSPS) is 6.33. The Balaban J connectivity index is 0. The summed E-state index contributed by atoms with van der Waals surface area (Å²) in [7, 11) is 0. The molecule has 0 aliphatic rings. The van der Waals surface area contributed by atoms with Crippen molar-refractivity contribution in [3.63, 3.8) is 0 Å². The molecule has 0 N–H and O–H groups in total. The molecule has 0 aromatic carbocycles. The van der Waals surface area contributed by atoms with Crippen LogP contribution in [0.1, 0.15) is 21.3 Å². The van der Waals surface area contributed by atoms with Gasteiger partial charge in [0.15, 0.2) is 0 Å².